The first-order chi connectivity index (χ1) is 9.12. The summed E-state index contributed by atoms with van der Waals surface area (Å²) in [4.78, 5) is 11.3. The summed E-state index contributed by atoms with van der Waals surface area (Å²) in [5.74, 6) is 0. The first-order valence-corrected chi connectivity index (χ1v) is 8.30. The van der Waals surface area contributed by atoms with E-state index in [2.05, 4.69) is 9.05 Å². The van der Waals surface area contributed by atoms with Gasteiger partial charge in [0.1, 0.15) is 0 Å². The minimum atomic E-state index is -4.20. The van der Waals surface area contributed by atoms with Crippen molar-refractivity contribution in [3.8, 4) is 0 Å². The Hall–Kier alpha value is -0.0300. The van der Waals surface area contributed by atoms with Crippen molar-refractivity contribution in [1.29, 1.82) is 0 Å². The van der Waals surface area contributed by atoms with Gasteiger partial charge in [0.05, 0.1) is 26.6 Å². The van der Waals surface area contributed by atoms with Crippen molar-refractivity contribution in [2.75, 3.05) is 26.6 Å². The molecule has 0 aliphatic heterocycles. The van der Waals surface area contributed by atoms with Gasteiger partial charge in [-0.15, -0.1) is 4.89 Å². The monoisotopic (exact) mass is 301 g/mol. The quantitative estimate of drug-likeness (QED) is 0.347. The van der Waals surface area contributed by atoms with E-state index in [1.54, 1.807) is 0 Å². The van der Waals surface area contributed by atoms with Crippen molar-refractivity contribution in [3.05, 3.63) is 0 Å². The summed E-state index contributed by atoms with van der Waals surface area (Å²) in [6.07, 6.45) is 5.12. The molecule has 0 heterocycles. The molecule has 0 aliphatic rings. The topological polar surface area (TPSA) is 55.4 Å². The van der Waals surface area contributed by atoms with Crippen LogP contribution in [0.2, 0.25) is 0 Å². The zero-order valence-electron chi connectivity index (χ0n) is 11.3. The van der Waals surface area contributed by atoms with Gasteiger partial charge in [0.2, 0.25) is 0 Å². The van der Waals surface area contributed by atoms with Crippen LogP contribution in [0.1, 0.15) is 51.4 Å². The second-order valence-electron chi connectivity index (χ2n) is 4.32. The fraction of sp³-hybridized carbons (Fsp3) is 1.00. The molecule has 115 valence electrons. The Bertz CT molecular complexity index is 222. The molecule has 4 nitrogen and oxygen atoms in total. The maximum atomic E-state index is 11.8. The summed E-state index contributed by atoms with van der Waals surface area (Å²) >= 11 is 0. The predicted octanol–water partition coefficient (Wildman–Crippen LogP) is 4.62. The Morgan fingerprint density at radius 1 is 0.684 bits per heavy atom. The van der Waals surface area contributed by atoms with Crippen LogP contribution in [-0.4, -0.2) is 26.6 Å². The maximum Gasteiger partial charge on any atom is 0.502 e. The van der Waals surface area contributed by atoms with Gasteiger partial charge in [-0.1, -0.05) is 25.7 Å². The summed E-state index contributed by atoms with van der Waals surface area (Å²) in [6, 6.07) is 0. The van der Waals surface area contributed by atoms with Crippen molar-refractivity contribution in [2.45, 2.75) is 51.4 Å². The zero-order chi connectivity index (χ0) is 14.4. The highest BCUT2D eigenvalue weighted by Crippen LogP contribution is 2.44. The minimum Gasteiger partial charge on any atom is -0.285 e. The van der Waals surface area contributed by atoms with Crippen LogP contribution in [-0.2, 0) is 18.5 Å². The van der Waals surface area contributed by atoms with E-state index in [1.165, 1.54) is 0 Å². The lowest BCUT2D eigenvalue weighted by Crippen LogP contribution is -1.98. The Kier molecular flexibility index (Phi) is 13.0. The number of unbranched alkanes of at least 4 members (excludes halogenated alkanes) is 6. The first kappa shape index (κ1) is 19.0. The lowest BCUT2D eigenvalue weighted by molar-refractivity contribution is 0.124. The number of alkyl halides is 2. The van der Waals surface area contributed by atoms with Gasteiger partial charge in [-0.05, 0) is 25.7 Å². The fourth-order valence-electron chi connectivity index (χ4n) is 1.49. The summed E-state index contributed by atoms with van der Waals surface area (Å²) < 4.78 is 44.1. The molecular weight excluding hydrogens is 277 g/mol. The fourth-order valence-corrected chi connectivity index (χ4v) is 2.27. The molecule has 0 spiro atoms. The molecule has 0 atom stereocenters. The summed E-state index contributed by atoms with van der Waals surface area (Å²) in [7, 11) is -4.20. The van der Waals surface area contributed by atoms with E-state index in [-0.39, 0.29) is 26.6 Å². The van der Waals surface area contributed by atoms with E-state index >= 15 is 0 Å². The standard InChI is InChI=1S/C12H24F2O4P/c13-9-5-1-3-7-11-17-19(15,16)18-12-8-4-2-6-10-14/h1-12H2. The van der Waals surface area contributed by atoms with Crippen LogP contribution in [0.3, 0.4) is 0 Å². The molecule has 1 radical (unpaired) electrons. The Morgan fingerprint density at radius 3 is 1.42 bits per heavy atom. The lowest BCUT2D eigenvalue weighted by Gasteiger charge is -2.10. The van der Waals surface area contributed by atoms with Gasteiger partial charge in [0.15, 0.2) is 0 Å². The minimum absolute atomic E-state index is 0.0783. The highest BCUT2D eigenvalue weighted by atomic mass is 31.2. The molecule has 0 fully saturated rings. The largest absolute Gasteiger partial charge is 0.502 e. The normalized spacial score (nSPS) is 11.9. The van der Waals surface area contributed by atoms with Crippen molar-refractivity contribution < 1.29 is 27.3 Å². The Labute approximate surface area is 114 Å². The average Bonchev–Trinajstić information content (AvgIpc) is 2.38. The molecule has 19 heavy (non-hydrogen) atoms. The maximum absolute atomic E-state index is 11.8. The molecule has 0 aromatic rings. The van der Waals surface area contributed by atoms with Crippen LogP contribution in [0.4, 0.5) is 8.78 Å². The molecule has 0 aromatic carbocycles. The molecule has 0 N–H and O–H groups in total. The van der Waals surface area contributed by atoms with E-state index in [0.29, 0.717) is 25.7 Å². The molecule has 0 rings (SSSR count). The Balaban J connectivity index is 3.39. The van der Waals surface area contributed by atoms with Crippen LogP contribution in [0.5, 0.6) is 0 Å². The van der Waals surface area contributed by atoms with E-state index in [1.807, 2.05) is 0 Å². The van der Waals surface area contributed by atoms with Crippen LogP contribution >= 0.6 is 7.82 Å². The smallest absolute Gasteiger partial charge is 0.285 e. The lowest BCUT2D eigenvalue weighted by atomic mass is 10.2. The predicted molar refractivity (Wildman–Crippen MR) is 69.1 cm³/mol. The third kappa shape index (κ3) is 14.2. The molecule has 0 bridgehead atoms. The third-order valence-electron chi connectivity index (χ3n) is 2.55. The van der Waals surface area contributed by atoms with Gasteiger partial charge in [-0.3, -0.25) is 17.8 Å². The van der Waals surface area contributed by atoms with Crippen LogP contribution in [0.15, 0.2) is 0 Å². The van der Waals surface area contributed by atoms with Crippen molar-refractivity contribution >= 4 is 7.82 Å². The summed E-state index contributed by atoms with van der Waals surface area (Å²) in [5, 5.41) is 0. The third-order valence-corrected chi connectivity index (χ3v) is 3.55. The molecule has 0 saturated heterocycles. The highest BCUT2D eigenvalue weighted by Gasteiger charge is 2.22. The van der Waals surface area contributed by atoms with Gasteiger partial charge in [0.25, 0.3) is 0 Å². The SMILES string of the molecule is [O]P(=O)(OCCCCCCF)OCCCCCCF. The van der Waals surface area contributed by atoms with E-state index in [4.69, 9.17) is 0 Å². The number of hydrogen-bond acceptors (Lipinski definition) is 3. The molecule has 0 aliphatic carbocycles. The number of rotatable bonds is 14. The highest BCUT2D eigenvalue weighted by molar-refractivity contribution is 7.47. The summed E-state index contributed by atoms with van der Waals surface area (Å²) in [6.45, 7) is -0.525. The Morgan fingerprint density at radius 2 is 1.05 bits per heavy atom. The van der Waals surface area contributed by atoms with Gasteiger partial charge in [-0.25, -0.2) is 4.57 Å². The van der Waals surface area contributed by atoms with E-state index in [0.717, 1.165) is 25.7 Å². The molecule has 0 saturated carbocycles. The van der Waals surface area contributed by atoms with Crippen molar-refractivity contribution in [2.24, 2.45) is 0 Å². The van der Waals surface area contributed by atoms with Crippen LogP contribution < -0.4 is 0 Å². The number of hydrogen-bond donors (Lipinski definition) is 0. The van der Waals surface area contributed by atoms with Gasteiger partial charge in [-0.2, -0.15) is 0 Å². The molecular formula is C12H24F2O4P. The molecule has 0 aromatic heterocycles. The van der Waals surface area contributed by atoms with Crippen molar-refractivity contribution in [3.63, 3.8) is 0 Å². The van der Waals surface area contributed by atoms with E-state index < -0.39 is 7.82 Å². The van der Waals surface area contributed by atoms with Gasteiger partial charge < -0.3 is 0 Å². The molecule has 0 amide bonds. The average molecular weight is 301 g/mol. The number of halogens is 2. The summed E-state index contributed by atoms with van der Waals surface area (Å²) in [5.41, 5.74) is 0. The first-order valence-electron chi connectivity index (χ1n) is 6.84. The van der Waals surface area contributed by atoms with E-state index in [9.17, 15) is 18.2 Å². The van der Waals surface area contributed by atoms with Gasteiger partial charge in [0, 0.05) is 0 Å². The second kappa shape index (κ2) is 13.0. The molecule has 7 heteroatoms. The molecule has 0 unspecified atom stereocenters. The second-order valence-corrected chi connectivity index (χ2v) is 5.73. The van der Waals surface area contributed by atoms with Crippen LogP contribution in [0, 0.1) is 0 Å². The van der Waals surface area contributed by atoms with Crippen LogP contribution in [0.25, 0.3) is 0 Å². The van der Waals surface area contributed by atoms with Crippen molar-refractivity contribution in [1.82, 2.24) is 0 Å². The van der Waals surface area contributed by atoms with Gasteiger partial charge >= 0.3 is 7.82 Å². The zero-order valence-corrected chi connectivity index (χ0v) is 12.2.